The summed E-state index contributed by atoms with van der Waals surface area (Å²) in [4.78, 5) is 10.9. The summed E-state index contributed by atoms with van der Waals surface area (Å²) in [7, 11) is 0. The lowest BCUT2D eigenvalue weighted by Crippen LogP contribution is -2.28. The summed E-state index contributed by atoms with van der Waals surface area (Å²) in [6.07, 6.45) is 0.806. The maximum atomic E-state index is 14.6. The van der Waals surface area contributed by atoms with Crippen molar-refractivity contribution >= 4 is 22.2 Å². The number of fused-ring (bicyclic) bond motifs is 3. The Labute approximate surface area is 217 Å². The third-order valence-electron chi connectivity index (χ3n) is 6.80. The van der Waals surface area contributed by atoms with Crippen LogP contribution in [0, 0.1) is 5.82 Å². The molecule has 0 saturated heterocycles. The topological polar surface area (TPSA) is 26.3 Å². The van der Waals surface area contributed by atoms with Crippen LogP contribution in [0.25, 0.3) is 11.1 Å². The van der Waals surface area contributed by atoms with E-state index >= 15 is 0 Å². The highest BCUT2D eigenvalue weighted by Gasteiger charge is 2.46. The lowest BCUT2D eigenvalue weighted by Gasteiger charge is -2.34. The van der Waals surface area contributed by atoms with Crippen molar-refractivity contribution in [2.24, 2.45) is 0 Å². The Morgan fingerprint density at radius 3 is 2.08 bits per heavy atom. The number of carbonyl (C=O) groups is 1. The van der Waals surface area contributed by atoms with E-state index in [0.717, 1.165) is 44.1 Å². The van der Waals surface area contributed by atoms with Crippen LogP contribution < -0.4 is 4.74 Å². The zero-order valence-corrected chi connectivity index (χ0v) is 20.7. The molecular weight excluding hydrogens is 515 g/mol. The molecule has 6 rings (SSSR count). The molecular formula is C32H20BrFO2. The number of halogens is 2. The number of hydrogen-bond acceptors (Lipinski definition) is 2. The first kappa shape index (κ1) is 22.4. The number of rotatable bonds is 5. The van der Waals surface area contributed by atoms with E-state index in [1.54, 1.807) is 36.4 Å². The van der Waals surface area contributed by atoms with Crippen molar-refractivity contribution in [3.63, 3.8) is 0 Å². The molecule has 0 saturated carbocycles. The number of hydrogen-bond donors (Lipinski definition) is 0. The standard InChI is InChI=1S/C32H20BrFO2/c33-24-12-17-29-28-6-1-2-7-30(28)32(31(29)19-24,23-4-3-5-25(34)18-23)22-10-15-27(16-11-22)36-26-13-8-21(20-35)9-14-26/h1-20H. The number of benzene rings is 5. The lowest BCUT2D eigenvalue weighted by molar-refractivity contribution is 0.112. The predicted molar refractivity (Wildman–Crippen MR) is 143 cm³/mol. The molecule has 36 heavy (non-hydrogen) atoms. The summed E-state index contributed by atoms with van der Waals surface area (Å²) >= 11 is 3.66. The zero-order chi connectivity index (χ0) is 24.7. The molecule has 5 aromatic rings. The smallest absolute Gasteiger partial charge is 0.150 e. The number of aldehydes is 1. The molecule has 0 fully saturated rings. The van der Waals surface area contributed by atoms with Gasteiger partial charge >= 0.3 is 0 Å². The third-order valence-corrected chi connectivity index (χ3v) is 7.30. The van der Waals surface area contributed by atoms with Crippen LogP contribution in [-0.2, 0) is 5.41 Å². The number of carbonyl (C=O) groups excluding carboxylic acids is 1. The normalized spacial score (nSPS) is 15.7. The van der Waals surface area contributed by atoms with Crippen LogP contribution in [0.4, 0.5) is 4.39 Å². The molecule has 1 unspecified atom stereocenters. The molecule has 0 radical (unpaired) electrons. The van der Waals surface area contributed by atoms with Gasteiger partial charge in [-0.05, 0) is 94.0 Å². The predicted octanol–water partition coefficient (Wildman–Crippen LogP) is 8.56. The van der Waals surface area contributed by atoms with Gasteiger partial charge in [0.25, 0.3) is 0 Å². The second-order valence-electron chi connectivity index (χ2n) is 8.81. The Bertz CT molecular complexity index is 1590. The highest BCUT2D eigenvalue weighted by atomic mass is 79.9. The van der Waals surface area contributed by atoms with Crippen LogP contribution in [0.3, 0.4) is 0 Å². The first-order valence-corrected chi connectivity index (χ1v) is 12.4. The Hall–Kier alpha value is -4.02. The largest absolute Gasteiger partial charge is 0.457 e. The van der Waals surface area contributed by atoms with Gasteiger partial charge in [0.1, 0.15) is 23.6 Å². The molecule has 2 nitrogen and oxygen atoms in total. The fourth-order valence-corrected chi connectivity index (χ4v) is 5.65. The van der Waals surface area contributed by atoms with E-state index in [4.69, 9.17) is 4.74 Å². The molecule has 174 valence electrons. The number of ether oxygens (including phenoxy) is 1. The summed E-state index contributed by atoms with van der Waals surface area (Å²) in [6.45, 7) is 0. The van der Waals surface area contributed by atoms with E-state index in [9.17, 15) is 9.18 Å². The Morgan fingerprint density at radius 1 is 0.667 bits per heavy atom. The van der Waals surface area contributed by atoms with Crippen LogP contribution in [0.2, 0.25) is 0 Å². The Balaban J connectivity index is 1.54. The van der Waals surface area contributed by atoms with Crippen LogP contribution in [0.5, 0.6) is 11.5 Å². The quantitative estimate of drug-likeness (QED) is 0.207. The van der Waals surface area contributed by atoms with Crippen LogP contribution >= 0.6 is 15.9 Å². The van der Waals surface area contributed by atoms with Gasteiger partial charge in [0.2, 0.25) is 0 Å². The van der Waals surface area contributed by atoms with Crippen molar-refractivity contribution in [1.29, 1.82) is 0 Å². The molecule has 0 amide bonds. The van der Waals surface area contributed by atoms with Crippen molar-refractivity contribution in [3.05, 3.63) is 153 Å². The summed E-state index contributed by atoms with van der Waals surface area (Å²) in [5, 5.41) is 0. The van der Waals surface area contributed by atoms with Gasteiger partial charge in [-0.2, -0.15) is 0 Å². The lowest BCUT2D eigenvalue weighted by atomic mass is 9.67. The highest BCUT2D eigenvalue weighted by molar-refractivity contribution is 9.10. The van der Waals surface area contributed by atoms with E-state index in [1.807, 2.05) is 48.5 Å². The van der Waals surface area contributed by atoms with Gasteiger partial charge in [-0.3, -0.25) is 4.79 Å². The zero-order valence-electron chi connectivity index (χ0n) is 19.1. The highest BCUT2D eigenvalue weighted by Crippen LogP contribution is 2.56. The van der Waals surface area contributed by atoms with Gasteiger partial charge < -0.3 is 4.74 Å². The van der Waals surface area contributed by atoms with E-state index < -0.39 is 5.41 Å². The SMILES string of the molecule is O=Cc1ccc(Oc2ccc(C3(c4cccc(F)c4)c4ccccc4-c4ccc(Br)cc43)cc2)cc1. The molecule has 1 aliphatic rings. The molecule has 0 aliphatic heterocycles. The molecule has 1 aliphatic carbocycles. The molecule has 0 aromatic heterocycles. The van der Waals surface area contributed by atoms with E-state index in [1.165, 1.54) is 6.07 Å². The summed E-state index contributed by atoms with van der Waals surface area (Å²) < 4.78 is 21.6. The van der Waals surface area contributed by atoms with Crippen LogP contribution in [0.1, 0.15) is 32.6 Å². The molecule has 0 heterocycles. The maximum Gasteiger partial charge on any atom is 0.150 e. The minimum atomic E-state index is -0.693. The van der Waals surface area contributed by atoms with E-state index in [2.05, 4.69) is 40.2 Å². The molecule has 0 spiro atoms. The molecule has 0 bridgehead atoms. The van der Waals surface area contributed by atoms with Crippen molar-refractivity contribution in [2.75, 3.05) is 0 Å². The molecule has 4 heteroatoms. The third kappa shape index (κ3) is 3.57. The Kier molecular flexibility index (Phi) is 5.54. The summed E-state index contributed by atoms with van der Waals surface area (Å²) in [5.74, 6) is 1.05. The van der Waals surface area contributed by atoms with Crippen molar-refractivity contribution < 1.29 is 13.9 Å². The van der Waals surface area contributed by atoms with Crippen molar-refractivity contribution in [2.45, 2.75) is 5.41 Å². The molecule has 5 aromatic carbocycles. The maximum absolute atomic E-state index is 14.6. The van der Waals surface area contributed by atoms with Crippen molar-refractivity contribution in [1.82, 2.24) is 0 Å². The van der Waals surface area contributed by atoms with Crippen molar-refractivity contribution in [3.8, 4) is 22.6 Å². The second-order valence-corrected chi connectivity index (χ2v) is 9.72. The van der Waals surface area contributed by atoms with Crippen LogP contribution in [0.15, 0.2) is 120 Å². The second kappa shape index (κ2) is 8.89. The van der Waals surface area contributed by atoms with Crippen LogP contribution in [-0.4, -0.2) is 6.29 Å². The van der Waals surface area contributed by atoms with Gasteiger partial charge in [-0.25, -0.2) is 4.39 Å². The van der Waals surface area contributed by atoms with Gasteiger partial charge in [0, 0.05) is 10.0 Å². The summed E-state index contributed by atoms with van der Waals surface area (Å²) in [5.41, 5.74) is 6.27. The average Bonchev–Trinajstić information content (AvgIpc) is 3.20. The van der Waals surface area contributed by atoms with E-state index in [-0.39, 0.29) is 5.82 Å². The minimum absolute atomic E-state index is 0.272. The van der Waals surface area contributed by atoms with E-state index in [0.29, 0.717) is 17.1 Å². The molecule has 0 N–H and O–H groups in total. The fraction of sp³-hybridized carbons (Fsp3) is 0.0312. The van der Waals surface area contributed by atoms with Gasteiger partial charge in [-0.15, -0.1) is 0 Å². The fourth-order valence-electron chi connectivity index (χ4n) is 5.29. The Morgan fingerprint density at radius 2 is 1.36 bits per heavy atom. The van der Waals surface area contributed by atoms with Gasteiger partial charge in [0.05, 0.1) is 5.41 Å². The minimum Gasteiger partial charge on any atom is -0.457 e. The van der Waals surface area contributed by atoms with Gasteiger partial charge in [0.15, 0.2) is 0 Å². The monoisotopic (exact) mass is 534 g/mol. The average molecular weight is 535 g/mol. The van der Waals surface area contributed by atoms with Gasteiger partial charge in [-0.1, -0.05) is 70.5 Å². The first-order chi connectivity index (χ1) is 17.6. The summed E-state index contributed by atoms with van der Waals surface area (Å²) in [6, 6.07) is 36.5. The first-order valence-electron chi connectivity index (χ1n) is 11.6. The molecule has 1 atom stereocenters.